The first-order chi connectivity index (χ1) is 10.2. The van der Waals surface area contributed by atoms with Crippen LogP contribution >= 0.6 is 27.5 Å². The molecule has 0 N–H and O–H groups in total. The molecule has 0 aliphatic carbocycles. The Bertz CT molecular complexity index is 423. The largest absolute Gasteiger partial charge is 0.495 e. The van der Waals surface area contributed by atoms with Crippen molar-refractivity contribution in [1.29, 1.82) is 0 Å². The normalized spacial score (nSPS) is 12.2. The van der Waals surface area contributed by atoms with Crippen LogP contribution in [0, 0.1) is 0 Å². The molecule has 0 aliphatic rings. The standard InChI is InChI=1S/C17H26BrClO2/c1-4-5-6-7-8-9-10-14(19)13-11-12-15(20-2)16(18)17(13)21-3/h11-12,14H,4-10H2,1-3H3. The van der Waals surface area contributed by atoms with Crippen molar-refractivity contribution in [2.24, 2.45) is 0 Å². The summed E-state index contributed by atoms with van der Waals surface area (Å²) in [6.45, 7) is 2.24. The number of benzene rings is 1. The summed E-state index contributed by atoms with van der Waals surface area (Å²) < 4.78 is 11.6. The van der Waals surface area contributed by atoms with Gasteiger partial charge in [-0.05, 0) is 28.4 Å². The van der Waals surface area contributed by atoms with E-state index in [-0.39, 0.29) is 5.38 Å². The van der Waals surface area contributed by atoms with Crippen LogP contribution in [0.1, 0.15) is 62.8 Å². The van der Waals surface area contributed by atoms with Gasteiger partial charge in [-0.2, -0.15) is 0 Å². The van der Waals surface area contributed by atoms with Gasteiger partial charge in [-0.3, -0.25) is 0 Å². The summed E-state index contributed by atoms with van der Waals surface area (Å²) in [7, 11) is 3.31. The molecule has 0 fully saturated rings. The lowest BCUT2D eigenvalue weighted by atomic mass is 10.0. The van der Waals surface area contributed by atoms with Crippen LogP contribution in [0.2, 0.25) is 0 Å². The van der Waals surface area contributed by atoms with Gasteiger partial charge in [-0.25, -0.2) is 0 Å². The zero-order valence-corrected chi connectivity index (χ0v) is 15.6. The summed E-state index contributed by atoms with van der Waals surface area (Å²) >= 11 is 10.1. The highest BCUT2D eigenvalue weighted by atomic mass is 79.9. The smallest absolute Gasteiger partial charge is 0.141 e. The van der Waals surface area contributed by atoms with Crippen molar-refractivity contribution in [2.45, 2.75) is 57.2 Å². The minimum atomic E-state index is -0.0201. The first-order valence-corrected chi connectivity index (χ1v) is 8.93. The molecule has 0 spiro atoms. The van der Waals surface area contributed by atoms with Crippen LogP contribution in [0.4, 0.5) is 0 Å². The number of halogens is 2. The molecule has 0 radical (unpaired) electrons. The van der Waals surface area contributed by atoms with Gasteiger partial charge in [-0.1, -0.05) is 51.5 Å². The number of hydrogen-bond donors (Lipinski definition) is 0. The van der Waals surface area contributed by atoms with Crippen LogP contribution in [0.5, 0.6) is 11.5 Å². The quantitative estimate of drug-likeness (QED) is 0.342. The summed E-state index contributed by atoms with van der Waals surface area (Å²) in [4.78, 5) is 0. The lowest BCUT2D eigenvalue weighted by Gasteiger charge is -2.17. The van der Waals surface area contributed by atoms with Crippen molar-refractivity contribution >= 4 is 27.5 Å². The summed E-state index contributed by atoms with van der Waals surface area (Å²) in [6.07, 6.45) is 8.65. The van der Waals surface area contributed by atoms with E-state index in [2.05, 4.69) is 22.9 Å². The second-order valence-corrected chi connectivity index (χ2v) is 6.55. The Labute approximate surface area is 142 Å². The molecule has 1 aromatic rings. The predicted molar refractivity (Wildman–Crippen MR) is 93.8 cm³/mol. The van der Waals surface area contributed by atoms with E-state index in [1.807, 2.05) is 12.1 Å². The van der Waals surface area contributed by atoms with E-state index in [1.54, 1.807) is 14.2 Å². The third kappa shape index (κ3) is 5.71. The topological polar surface area (TPSA) is 18.5 Å². The number of alkyl halides is 1. The molecule has 0 aromatic heterocycles. The molecule has 1 rings (SSSR count). The average Bonchev–Trinajstić information content (AvgIpc) is 2.50. The summed E-state index contributed by atoms with van der Waals surface area (Å²) in [5.74, 6) is 1.54. The molecule has 0 bridgehead atoms. The molecule has 0 aliphatic heterocycles. The molecule has 0 amide bonds. The lowest BCUT2D eigenvalue weighted by Crippen LogP contribution is -1.98. The molecule has 2 nitrogen and oxygen atoms in total. The number of ether oxygens (including phenoxy) is 2. The van der Waals surface area contributed by atoms with Crippen molar-refractivity contribution in [3.05, 3.63) is 22.2 Å². The molecule has 0 saturated carbocycles. The molecule has 1 atom stereocenters. The van der Waals surface area contributed by atoms with Crippen LogP contribution in [0.15, 0.2) is 16.6 Å². The molecular formula is C17H26BrClO2. The van der Waals surface area contributed by atoms with Gasteiger partial charge in [-0.15, -0.1) is 11.6 Å². The van der Waals surface area contributed by atoms with Crippen molar-refractivity contribution in [2.75, 3.05) is 14.2 Å². The molecule has 1 aromatic carbocycles. The maximum Gasteiger partial charge on any atom is 0.141 e. The first kappa shape index (κ1) is 18.6. The number of unbranched alkanes of at least 4 members (excludes halogenated alkanes) is 5. The fourth-order valence-electron chi connectivity index (χ4n) is 2.42. The molecule has 120 valence electrons. The van der Waals surface area contributed by atoms with E-state index in [4.69, 9.17) is 21.1 Å². The van der Waals surface area contributed by atoms with Crippen LogP contribution in [0.3, 0.4) is 0 Å². The predicted octanol–water partition coefficient (Wildman–Crippen LogP) is 6.50. The highest BCUT2D eigenvalue weighted by Crippen LogP contribution is 2.42. The molecule has 1 unspecified atom stereocenters. The van der Waals surface area contributed by atoms with Gasteiger partial charge >= 0.3 is 0 Å². The van der Waals surface area contributed by atoms with Crippen LogP contribution in [-0.2, 0) is 0 Å². The monoisotopic (exact) mass is 376 g/mol. The Hall–Kier alpha value is -0.410. The highest BCUT2D eigenvalue weighted by Gasteiger charge is 2.18. The molecule has 21 heavy (non-hydrogen) atoms. The number of rotatable bonds is 10. The Kier molecular flexibility index (Phi) is 9.18. The van der Waals surface area contributed by atoms with Crippen molar-refractivity contribution in [3.8, 4) is 11.5 Å². The fourth-order valence-corrected chi connectivity index (χ4v) is 3.44. The van der Waals surface area contributed by atoms with E-state index < -0.39 is 0 Å². The SMILES string of the molecule is CCCCCCCCC(Cl)c1ccc(OC)c(Br)c1OC. The summed E-state index contributed by atoms with van der Waals surface area (Å²) in [6, 6.07) is 3.93. The maximum atomic E-state index is 6.56. The van der Waals surface area contributed by atoms with Crippen LogP contribution in [0.25, 0.3) is 0 Å². The lowest BCUT2D eigenvalue weighted by molar-refractivity contribution is 0.385. The molecule has 0 saturated heterocycles. The van der Waals surface area contributed by atoms with Crippen molar-refractivity contribution in [3.63, 3.8) is 0 Å². The Morgan fingerprint density at radius 1 is 1.05 bits per heavy atom. The van der Waals surface area contributed by atoms with Gasteiger partial charge in [0.2, 0.25) is 0 Å². The minimum absolute atomic E-state index is 0.0201. The fraction of sp³-hybridized carbons (Fsp3) is 0.647. The third-order valence-corrected chi connectivity index (χ3v) is 4.87. The number of methoxy groups -OCH3 is 2. The second kappa shape index (κ2) is 10.3. The van der Waals surface area contributed by atoms with Gasteiger partial charge in [0, 0.05) is 5.56 Å². The van der Waals surface area contributed by atoms with Crippen molar-refractivity contribution < 1.29 is 9.47 Å². The van der Waals surface area contributed by atoms with Gasteiger partial charge in [0.15, 0.2) is 0 Å². The van der Waals surface area contributed by atoms with Gasteiger partial charge < -0.3 is 9.47 Å². The number of hydrogen-bond acceptors (Lipinski definition) is 2. The summed E-state index contributed by atoms with van der Waals surface area (Å²) in [5, 5.41) is -0.0201. The first-order valence-electron chi connectivity index (χ1n) is 7.70. The van der Waals surface area contributed by atoms with Gasteiger partial charge in [0.05, 0.1) is 19.6 Å². The van der Waals surface area contributed by atoms with Gasteiger partial charge in [0.1, 0.15) is 16.0 Å². The average molecular weight is 378 g/mol. The van der Waals surface area contributed by atoms with Crippen LogP contribution in [-0.4, -0.2) is 14.2 Å². The Morgan fingerprint density at radius 3 is 2.33 bits per heavy atom. The second-order valence-electron chi connectivity index (χ2n) is 5.23. The molecule has 4 heteroatoms. The highest BCUT2D eigenvalue weighted by molar-refractivity contribution is 9.10. The zero-order chi connectivity index (χ0) is 15.7. The van der Waals surface area contributed by atoms with Crippen molar-refractivity contribution in [1.82, 2.24) is 0 Å². The third-order valence-electron chi connectivity index (χ3n) is 3.66. The molecule has 0 heterocycles. The molecular weight excluding hydrogens is 352 g/mol. The van der Waals surface area contributed by atoms with E-state index in [9.17, 15) is 0 Å². The Morgan fingerprint density at radius 2 is 1.71 bits per heavy atom. The maximum absolute atomic E-state index is 6.56. The van der Waals surface area contributed by atoms with E-state index in [0.29, 0.717) is 0 Å². The Balaban J connectivity index is 2.57. The summed E-state index contributed by atoms with van der Waals surface area (Å²) in [5.41, 5.74) is 1.03. The van der Waals surface area contributed by atoms with E-state index >= 15 is 0 Å². The minimum Gasteiger partial charge on any atom is -0.495 e. The van der Waals surface area contributed by atoms with E-state index in [1.165, 1.54) is 32.1 Å². The van der Waals surface area contributed by atoms with Crippen LogP contribution < -0.4 is 9.47 Å². The zero-order valence-electron chi connectivity index (χ0n) is 13.3. The van der Waals surface area contributed by atoms with Gasteiger partial charge in [0.25, 0.3) is 0 Å². The van der Waals surface area contributed by atoms with E-state index in [0.717, 1.165) is 34.4 Å².